The van der Waals surface area contributed by atoms with Crippen molar-refractivity contribution >= 4 is 5.84 Å². The van der Waals surface area contributed by atoms with Crippen LogP contribution in [-0.2, 0) is 0 Å². The van der Waals surface area contributed by atoms with Gasteiger partial charge in [-0.1, -0.05) is 13.8 Å². The minimum atomic E-state index is 0.375. The predicted octanol–water partition coefficient (Wildman–Crippen LogP) is 2.46. The fourth-order valence-electron chi connectivity index (χ4n) is 3.22. The first-order chi connectivity index (χ1) is 8.01. The molecular weight excluding hydrogens is 210 g/mol. The van der Waals surface area contributed by atoms with Crippen molar-refractivity contribution in [3.8, 4) is 0 Å². The average Bonchev–Trinajstić information content (AvgIpc) is 2.97. The van der Waals surface area contributed by atoms with E-state index in [-0.39, 0.29) is 0 Å². The summed E-state index contributed by atoms with van der Waals surface area (Å²) < 4.78 is 0. The fraction of sp³-hybridized carbons (Fsp3) is 0.929. The molecule has 0 bridgehead atoms. The van der Waals surface area contributed by atoms with E-state index in [1.807, 2.05) is 0 Å². The van der Waals surface area contributed by atoms with Gasteiger partial charge in [-0.05, 0) is 56.0 Å². The van der Waals surface area contributed by atoms with Crippen LogP contribution >= 0.6 is 0 Å². The standard InChI is InChI=1S/C14H27N3/c1-11(2)12-3-7-17(8-4-12)10-14(5-6-14)9-13(15)16/h11-12H,3-10H2,1-2H3,(H3,15,16). The Morgan fingerprint density at radius 1 is 1.35 bits per heavy atom. The van der Waals surface area contributed by atoms with Crippen LogP contribution in [0.4, 0.5) is 0 Å². The van der Waals surface area contributed by atoms with Gasteiger partial charge in [-0.25, -0.2) is 0 Å². The summed E-state index contributed by atoms with van der Waals surface area (Å²) in [6.45, 7) is 8.37. The van der Waals surface area contributed by atoms with E-state index in [9.17, 15) is 0 Å². The van der Waals surface area contributed by atoms with Crippen molar-refractivity contribution in [2.45, 2.75) is 46.0 Å². The molecule has 2 rings (SSSR count). The number of amidine groups is 1. The number of rotatable bonds is 5. The van der Waals surface area contributed by atoms with Crippen molar-refractivity contribution in [3.63, 3.8) is 0 Å². The summed E-state index contributed by atoms with van der Waals surface area (Å²) in [5.74, 6) is 2.14. The van der Waals surface area contributed by atoms with E-state index in [1.165, 1.54) is 45.3 Å². The summed E-state index contributed by atoms with van der Waals surface area (Å²) in [6, 6.07) is 0. The van der Waals surface area contributed by atoms with Crippen LogP contribution < -0.4 is 5.73 Å². The third-order valence-electron chi connectivity index (χ3n) is 4.66. The van der Waals surface area contributed by atoms with Gasteiger partial charge in [-0.3, -0.25) is 5.41 Å². The number of nitrogens with two attached hydrogens (primary N) is 1. The highest BCUT2D eigenvalue weighted by atomic mass is 15.1. The molecule has 3 N–H and O–H groups in total. The summed E-state index contributed by atoms with van der Waals surface area (Å²) in [5.41, 5.74) is 5.94. The van der Waals surface area contributed by atoms with Crippen molar-refractivity contribution in [2.24, 2.45) is 23.0 Å². The van der Waals surface area contributed by atoms with Gasteiger partial charge >= 0.3 is 0 Å². The zero-order valence-corrected chi connectivity index (χ0v) is 11.3. The van der Waals surface area contributed by atoms with E-state index < -0.39 is 0 Å². The predicted molar refractivity (Wildman–Crippen MR) is 72.2 cm³/mol. The highest BCUT2D eigenvalue weighted by molar-refractivity contribution is 5.78. The molecule has 98 valence electrons. The molecule has 0 unspecified atom stereocenters. The van der Waals surface area contributed by atoms with Crippen molar-refractivity contribution in [1.82, 2.24) is 4.90 Å². The Bertz CT molecular complexity index is 273. The molecule has 2 aliphatic rings. The Labute approximate surface area is 105 Å². The summed E-state index contributed by atoms with van der Waals surface area (Å²) in [4.78, 5) is 2.61. The molecule has 0 amide bonds. The zero-order valence-electron chi connectivity index (χ0n) is 11.3. The fourth-order valence-corrected chi connectivity index (χ4v) is 3.22. The quantitative estimate of drug-likeness (QED) is 0.570. The van der Waals surface area contributed by atoms with Gasteiger partial charge in [-0.2, -0.15) is 0 Å². The van der Waals surface area contributed by atoms with Gasteiger partial charge < -0.3 is 10.6 Å². The first-order valence-corrected chi connectivity index (χ1v) is 7.06. The summed E-state index contributed by atoms with van der Waals surface area (Å²) in [7, 11) is 0. The van der Waals surface area contributed by atoms with Crippen LogP contribution in [-0.4, -0.2) is 30.4 Å². The van der Waals surface area contributed by atoms with Crippen LogP contribution in [0.3, 0.4) is 0 Å². The maximum atomic E-state index is 7.45. The Morgan fingerprint density at radius 2 is 1.94 bits per heavy atom. The van der Waals surface area contributed by atoms with E-state index in [4.69, 9.17) is 11.1 Å². The van der Waals surface area contributed by atoms with Crippen molar-refractivity contribution < 1.29 is 0 Å². The van der Waals surface area contributed by atoms with Crippen LogP contribution in [0, 0.1) is 22.7 Å². The Balaban J connectivity index is 1.76. The van der Waals surface area contributed by atoms with Gasteiger partial charge in [0.2, 0.25) is 0 Å². The molecule has 0 atom stereocenters. The minimum Gasteiger partial charge on any atom is -0.388 e. The largest absolute Gasteiger partial charge is 0.388 e. The van der Waals surface area contributed by atoms with Crippen LogP contribution in [0.25, 0.3) is 0 Å². The van der Waals surface area contributed by atoms with Gasteiger partial charge in [0, 0.05) is 13.0 Å². The molecule has 3 heteroatoms. The Kier molecular flexibility index (Phi) is 3.76. The number of nitrogens with one attached hydrogen (secondary N) is 1. The van der Waals surface area contributed by atoms with Crippen LogP contribution in [0.15, 0.2) is 0 Å². The molecule has 0 aromatic carbocycles. The third-order valence-corrected chi connectivity index (χ3v) is 4.66. The van der Waals surface area contributed by atoms with E-state index in [2.05, 4.69) is 18.7 Å². The number of nitrogens with zero attached hydrogens (tertiary/aromatic N) is 1. The lowest BCUT2D eigenvalue weighted by Gasteiger charge is -2.35. The van der Waals surface area contributed by atoms with Gasteiger partial charge in [0.1, 0.15) is 0 Å². The molecule has 2 fully saturated rings. The summed E-state index contributed by atoms with van der Waals surface area (Å²) >= 11 is 0. The normalized spacial score (nSPS) is 25.1. The van der Waals surface area contributed by atoms with Gasteiger partial charge in [0.25, 0.3) is 0 Å². The molecule has 1 saturated carbocycles. The number of hydrogen-bond acceptors (Lipinski definition) is 2. The van der Waals surface area contributed by atoms with E-state index >= 15 is 0 Å². The molecule has 0 spiro atoms. The molecule has 0 aromatic heterocycles. The SMILES string of the molecule is CC(C)C1CCN(CC2(CC(=N)N)CC2)CC1. The van der Waals surface area contributed by atoms with Crippen molar-refractivity contribution in [1.29, 1.82) is 5.41 Å². The second kappa shape index (κ2) is 4.97. The molecule has 0 radical (unpaired) electrons. The first kappa shape index (κ1) is 12.9. The molecule has 1 aliphatic heterocycles. The smallest absolute Gasteiger partial charge is 0.0911 e. The number of likely N-dealkylation sites (tertiary alicyclic amines) is 1. The maximum Gasteiger partial charge on any atom is 0.0911 e. The summed E-state index contributed by atoms with van der Waals surface area (Å²) in [5, 5.41) is 7.45. The van der Waals surface area contributed by atoms with E-state index in [0.29, 0.717) is 11.3 Å². The van der Waals surface area contributed by atoms with E-state index in [0.717, 1.165) is 18.3 Å². The highest BCUT2D eigenvalue weighted by Gasteiger charge is 2.44. The average molecular weight is 237 g/mol. The molecular formula is C14H27N3. The monoisotopic (exact) mass is 237 g/mol. The lowest BCUT2D eigenvalue weighted by atomic mass is 9.86. The topological polar surface area (TPSA) is 53.1 Å². The third kappa shape index (κ3) is 3.44. The second-order valence-corrected chi connectivity index (χ2v) is 6.56. The lowest BCUT2D eigenvalue weighted by molar-refractivity contribution is 0.135. The van der Waals surface area contributed by atoms with Gasteiger partial charge in [-0.15, -0.1) is 0 Å². The second-order valence-electron chi connectivity index (χ2n) is 6.56. The first-order valence-electron chi connectivity index (χ1n) is 7.06. The minimum absolute atomic E-state index is 0.375. The van der Waals surface area contributed by atoms with Crippen LogP contribution in [0.2, 0.25) is 0 Å². The molecule has 1 saturated heterocycles. The molecule has 0 aromatic rings. The van der Waals surface area contributed by atoms with Crippen molar-refractivity contribution in [2.75, 3.05) is 19.6 Å². The van der Waals surface area contributed by atoms with Gasteiger partial charge in [0.05, 0.1) is 5.84 Å². The zero-order chi connectivity index (χ0) is 12.5. The van der Waals surface area contributed by atoms with Crippen molar-refractivity contribution in [3.05, 3.63) is 0 Å². The lowest BCUT2D eigenvalue weighted by Crippen LogP contribution is -2.39. The molecule has 1 heterocycles. The molecule has 1 aliphatic carbocycles. The molecule has 17 heavy (non-hydrogen) atoms. The maximum absolute atomic E-state index is 7.45. The van der Waals surface area contributed by atoms with E-state index in [1.54, 1.807) is 0 Å². The number of piperidine rings is 1. The highest BCUT2D eigenvalue weighted by Crippen LogP contribution is 2.49. The molecule has 3 nitrogen and oxygen atoms in total. The number of hydrogen-bond donors (Lipinski definition) is 2. The van der Waals surface area contributed by atoms with Gasteiger partial charge in [0.15, 0.2) is 0 Å². The Hall–Kier alpha value is -0.570. The Morgan fingerprint density at radius 3 is 2.35 bits per heavy atom. The van der Waals surface area contributed by atoms with Crippen LogP contribution in [0.5, 0.6) is 0 Å². The summed E-state index contributed by atoms with van der Waals surface area (Å²) in [6.07, 6.45) is 6.08. The van der Waals surface area contributed by atoms with Crippen LogP contribution in [0.1, 0.15) is 46.0 Å².